The Labute approximate surface area is 109 Å². The highest BCUT2D eigenvalue weighted by atomic mass is 16.5. The van der Waals surface area contributed by atoms with Gasteiger partial charge in [0.05, 0.1) is 12.2 Å². The number of fused-ring (bicyclic) bond motifs is 1. The molecular weight excluding hydrogens is 224 g/mol. The molecule has 1 aromatic rings. The molecule has 0 spiro atoms. The molecular formula is C16H22O2. The van der Waals surface area contributed by atoms with E-state index in [2.05, 4.69) is 32.0 Å². The predicted molar refractivity (Wildman–Crippen MR) is 71.4 cm³/mol. The van der Waals surface area contributed by atoms with Gasteiger partial charge in [-0.1, -0.05) is 32.0 Å². The fourth-order valence-electron chi connectivity index (χ4n) is 3.50. The Bertz CT molecular complexity index is 450. The summed E-state index contributed by atoms with van der Waals surface area (Å²) >= 11 is 0. The lowest BCUT2D eigenvalue weighted by Gasteiger charge is -2.39. The van der Waals surface area contributed by atoms with E-state index in [9.17, 15) is 5.11 Å². The van der Waals surface area contributed by atoms with Crippen LogP contribution in [0.2, 0.25) is 0 Å². The Morgan fingerprint density at radius 2 is 2.06 bits per heavy atom. The number of hydrogen-bond acceptors (Lipinski definition) is 2. The molecule has 1 fully saturated rings. The van der Waals surface area contributed by atoms with Gasteiger partial charge in [0.2, 0.25) is 0 Å². The SMILES string of the molecule is CC1(C)CCCO[C@H]1c1cccc2c1CC[C@@H]2O. The van der Waals surface area contributed by atoms with Crippen molar-refractivity contribution in [3.63, 3.8) is 0 Å². The van der Waals surface area contributed by atoms with Gasteiger partial charge in [-0.05, 0) is 47.8 Å². The third kappa shape index (κ3) is 1.88. The zero-order valence-corrected chi connectivity index (χ0v) is 11.3. The third-order valence-electron chi connectivity index (χ3n) is 4.52. The molecule has 0 saturated carbocycles. The molecule has 98 valence electrons. The van der Waals surface area contributed by atoms with E-state index in [1.807, 2.05) is 0 Å². The first-order chi connectivity index (χ1) is 8.59. The van der Waals surface area contributed by atoms with Crippen LogP contribution in [0.5, 0.6) is 0 Å². The molecule has 0 amide bonds. The minimum atomic E-state index is -0.272. The molecule has 0 aromatic heterocycles. The number of ether oxygens (including phenoxy) is 1. The van der Waals surface area contributed by atoms with Crippen LogP contribution in [0.25, 0.3) is 0 Å². The lowest BCUT2D eigenvalue weighted by molar-refractivity contribution is -0.0704. The Morgan fingerprint density at radius 3 is 2.83 bits per heavy atom. The van der Waals surface area contributed by atoms with Gasteiger partial charge in [-0.25, -0.2) is 0 Å². The van der Waals surface area contributed by atoms with E-state index in [0.717, 1.165) is 31.4 Å². The van der Waals surface area contributed by atoms with Crippen LogP contribution in [-0.4, -0.2) is 11.7 Å². The average molecular weight is 246 g/mol. The van der Waals surface area contributed by atoms with Crippen LogP contribution >= 0.6 is 0 Å². The number of rotatable bonds is 1. The van der Waals surface area contributed by atoms with Crippen molar-refractivity contribution in [1.29, 1.82) is 0 Å². The number of aliphatic hydroxyl groups excluding tert-OH is 1. The van der Waals surface area contributed by atoms with Gasteiger partial charge >= 0.3 is 0 Å². The Morgan fingerprint density at radius 1 is 1.28 bits per heavy atom. The second-order valence-electron chi connectivity index (χ2n) is 6.31. The maximum Gasteiger partial charge on any atom is 0.0878 e. The van der Waals surface area contributed by atoms with Gasteiger partial charge in [0.25, 0.3) is 0 Å². The van der Waals surface area contributed by atoms with Crippen LogP contribution < -0.4 is 0 Å². The molecule has 1 heterocycles. The van der Waals surface area contributed by atoms with Crippen LogP contribution in [0.3, 0.4) is 0 Å². The summed E-state index contributed by atoms with van der Waals surface area (Å²) in [7, 11) is 0. The highest BCUT2D eigenvalue weighted by Crippen LogP contribution is 2.47. The standard InChI is InChI=1S/C16H22O2/c1-16(2)9-4-10-18-15(16)13-6-3-5-12-11(13)7-8-14(12)17/h3,5-6,14-15,17H,4,7-10H2,1-2H3/t14-,15-/m0/s1. The molecule has 1 N–H and O–H groups in total. The summed E-state index contributed by atoms with van der Waals surface area (Å²) < 4.78 is 6.06. The van der Waals surface area contributed by atoms with Crippen molar-refractivity contribution < 1.29 is 9.84 Å². The summed E-state index contributed by atoms with van der Waals surface area (Å²) in [5.41, 5.74) is 3.97. The van der Waals surface area contributed by atoms with Crippen molar-refractivity contribution in [3.8, 4) is 0 Å². The normalized spacial score (nSPS) is 30.2. The van der Waals surface area contributed by atoms with Crippen molar-refractivity contribution in [3.05, 3.63) is 34.9 Å². The Balaban J connectivity index is 2.02. The van der Waals surface area contributed by atoms with Crippen LogP contribution in [0.1, 0.15) is 62.0 Å². The molecule has 18 heavy (non-hydrogen) atoms. The summed E-state index contributed by atoms with van der Waals surface area (Å²) in [5.74, 6) is 0. The highest BCUT2D eigenvalue weighted by Gasteiger charge is 2.37. The van der Waals surface area contributed by atoms with E-state index in [-0.39, 0.29) is 17.6 Å². The van der Waals surface area contributed by atoms with Crippen LogP contribution in [-0.2, 0) is 11.2 Å². The van der Waals surface area contributed by atoms with Crippen LogP contribution in [0.15, 0.2) is 18.2 Å². The lowest BCUT2D eigenvalue weighted by atomic mass is 9.76. The first-order valence-electron chi connectivity index (χ1n) is 7.01. The summed E-state index contributed by atoms with van der Waals surface area (Å²) in [5, 5.41) is 9.99. The molecule has 0 bridgehead atoms. The molecule has 1 aliphatic heterocycles. The van der Waals surface area contributed by atoms with Crippen molar-refractivity contribution in [1.82, 2.24) is 0 Å². The van der Waals surface area contributed by atoms with Gasteiger partial charge in [0, 0.05) is 6.61 Å². The fraction of sp³-hybridized carbons (Fsp3) is 0.625. The first-order valence-corrected chi connectivity index (χ1v) is 7.01. The summed E-state index contributed by atoms with van der Waals surface area (Å²) in [6.45, 7) is 5.45. The van der Waals surface area contributed by atoms with Gasteiger partial charge < -0.3 is 9.84 Å². The third-order valence-corrected chi connectivity index (χ3v) is 4.52. The maximum absolute atomic E-state index is 9.99. The van der Waals surface area contributed by atoms with E-state index < -0.39 is 0 Å². The summed E-state index contributed by atoms with van der Waals surface area (Å²) in [4.78, 5) is 0. The molecule has 2 aliphatic rings. The molecule has 2 heteroatoms. The highest BCUT2D eigenvalue weighted by molar-refractivity contribution is 5.42. The molecule has 0 unspecified atom stereocenters. The van der Waals surface area contributed by atoms with Crippen molar-refractivity contribution in [2.24, 2.45) is 5.41 Å². The van der Waals surface area contributed by atoms with Crippen LogP contribution in [0, 0.1) is 5.41 Å². The van der Waals surface area contributed by atoms with Gasteiger partial charge in [0.1, 0.15) is 0 Å². The first kappa shape index (κ1) is 12.2. The molecule has 1 aromatic carbocycles. The van der Waals surface area contributed by atoms with Crippen molar-refractivity contribution in [2.45, 2.75) is 51.7 Å². The molecule has 2 nitrogen and oxygen atoms in total. The summed E-state index contributed by atoms with van der Waals surface area (Å²) in [6.07, 6.45) is 4.13. The minimum absolute atomic E-state index is 0.187. The zero-order chi connectivity index (χ0) is 12.8. The maximum atomic E-state index is 9.99. The Hall–Kier alpha value is -0.860. The average Bonchev–Trinajstić information content (AvgIpc) is 2.71. The molecule has 3 rings (SSSR count). The van der Waals surface area contributed by atoms with E-state index in [0.29, 0.717) is 0 Å². The van der Waals surface area contributed by atoms with Gasteiger partial charge in [-0.15, -0.1) is 0 Å². The van der Waals surface area contributed by atoms with Crippen molar-refractivity contribution >= 4 is 0 Å². The largest absolute Gasteiger partial charge is 0.388 e. The zero-order valence-electron chi connectivity index (χ0n) is 11.3. The van der Waals surface area contributed by atoms with E-state index >= 15 is 0 Å². The molecule has 1 aliphatic carbocycles. The molecule has 1 saturated heterocycles. The molecule has 0 radical (unpaired) electrons. The second kappa shape index (κ2) is 4.36. The number of aliphatic hydroxyl groups is 1. The smallest absolute Gasteiger partial charge is 0.0878 e. The minimum Gasteiger partial charge on any atom is -0.388 e. The topological polar surface area (TPSA) is 29.5 Å². The Kier molecular flexibility index (Phi) is 2.95. The fourth-order valence-corrected chi connectivity index (χ4v) is 3.50. The van der Waals surface area contributed by atoms with E-state index in [4.69, 9.17) is 4.74 Å². The number of hydrogen-bond donors (Lipinski definition) is 1. The predicted octanol–water partition coefficient (Wildman–Crippen LogP) is 3.54. The number of benzene rings is 1. The van der Waals surface area contributed by atoms with Gasteiger partial charge in [0.15, 0.2) is 0 Å². The summed E-state index contributed by atoms with van der Waals surface area (Å²) in [6, 6.07) is 6.32. The van der Waals surface area contributed by atoms with Gasteiger partial charge in [-0.3, -0.25) is 0 Å². The van der Waals surface area contributed by atoms with Crippen LogP contribution in [0.4, 0.5) is 0 Å². The monoisotopic (exact) mass is 246 g/mol. The van der Waals surface area contributed by atoms with Gasteiger partial charge in [-0.2, -0.15) is 0 Å². The van der Waals surface area contributed by atoms with E-state index in [1.165, 1.54) is 17.5 Å². The van der Waals surface area contributed by atoms with Crippen molar-refractivity contribution in [2.75, 3.05) is 6.61 Å². The van der Waals surface area contributed by atoms with E-state index in [1.54, 1.807) is 0 Å². The quantitative estimate of drug-likeness (QED) is 0.821. The second-order valence-corrected chi connectivity index (χ2v) is 6.31. The lowest BCUT2D eigenvalue weighted by Crippen LogP contribution is -2.30. The molecule has 2 atom stereocenters.